The van der Waals surface area contributed by atoms with Crippen LogP contribution < -0.4 is 5.63 Å². The van der Waals surface area contributed by atoms with Crippen molar-refractivity contribution in [1.29, 1.82) is 0 Å². The number of aryl methyl sites for hydroxylation is 1. The summed E-state index contributed by atoms with van der Waals surface area (Å²) in [6.07, 6.45) is 1.94. The van der Waals surface area contributed by atoms with Crippen LogP contribution in [0.15, 0.2) is 27.0 Å². The Hall–Kier alpha value is -1.09. The van der Waals surface area contributed by atoms with Crippen LogP contribution in [0.5, 0.6) is 0 Å². The van der Waals surface area contributed by atoms with Gasteiger partial charge in [-0.3, -0.25) is 0 Å². The van der Waals surface area contributed by atoms with Crippen molar-refractivity contribution in [2.24, 2.45) is 0 Å². The molecule has 0 saturated heterocycles. The molecule has 0 aliphatic rings. The quantitative estimate of drug-likeness (QED) is 0.742. The van der Waals surface area contributed by atoms with Gasteiger partial charge in [-0.2, -0.15) is 0 Å². The summed E-state index contributed by atoms with van der Waals surface area (Å²) in [6.45, 7) is 13.2. The Morgan fingerprint density at radius 3 is 2.29 bits per heavy atom. The molecule has 2 nitrogen and oxygen atoms in total. The van der Waals surface area contributed by atoms with E-state index >= 15 is 0 Å². The first kappa shape index (κ1) is 14.0. The minimum Gasteiger partial charge on any atom is -0.423 e. The zero-order chi connectivity index (χ0) is 13.3. The molecule has 0 aliphatic heterocycles. The molecule has 0 aromatic carbocycles. The molecule has 0 aliphatic carbocycles. The summed E-state index contributed by atoms with van der Waals surface area (Å²) in [5, 5.41) is 0.300. The van der Waals surface area contributed by atoms with Gasteiger partial charge in [-0.05, 0) is 30.2 Å². The molecule has 0 saturated carbocycles. The monoisotopic (exact) mass is 250 g/mol. The molecule has 0 radical (unpaired) electrons. The van der Waals surface area contributed by atoms with Crippen molar-refractivity contribution >= 4 is 14.1 Å². The van der Waals surface area contributed by atoms with Crippen LogP contribution in [0.25, 0.3) is 6.08 Å². The van der Waals surface area contributed by atoms with Crippen LogP contribution in [0.3, 0.4) is 0 Å². The van der Waals surface area contributed by atoms with Crippen LogP contribution >= 0.6 is 0 Å². The second-order valence-electron chi connectivity index (χ2n) is 6.11. The molecule has 94 valence electrons. The van der Waals surface area contributed by atoms with Crippen molar-refractivity contribution in [3.63, 3.8) is 0 Å². The smallest absolute Gasteiger partial charge is 0.339 e. The van der Waals surface area contributed by atoms with Crippen LogP contribution in [0.2, 0.25) is 18.1 Å². The molecular formula is C14H22O2Si. The minimum atomic E-state index is -1.46. The third kappa shape index (κ3) is 3.43. The first-order valence-corrected chi connectivity index (χ1v) is 9.01. The maximum atomic E-state index is 11.4. The van der Waals surface area contributed by atoms with Crippen molar-refractivity contribution in [3.05, 3.63) is 39.6 Å². The average molecular weight is 250 g/mol. The van der Waals surface area contributed by atoms with Crippen LogP contribution in [-0.2, 0) is 0 Å². The van der Waals surface area contributed by atoms with Crippen molar-refractivity contribution in [2.75, 3.05) is 0 Å². The molecule has 1 heterocycles. The highest BCUT2D eigenvalue weighted by Crippen LogP contribution is 2.36. The van der Waals surface area contributed by atoms with Gasteiger partial charge in [0.2, 0.25) is 0 Å². The van der Waals surface area contributed by atoms with Crippen molar-refractivity contribution in [2.45, 2.75) is 45.8 Å². The fourth-order valence-electron chi connectivity index (χ4n) is 1.13. The Kier molecular flexibility index (Phi) is 3.82. The fraction of sp³-hybridized carbons (Fsp3) is 0.500. The van der Waals surface area contributed by atoms with Gasteiger partial charge in [-0.1, -0.05) is 39.6 Å². The third-order valence-electron chi connectivity index (χ3n) is 3.63. The van der Waals surface area contributed by atoms with Gasteiger partial charge in [-0.15, -0.1) is 0 Å². The van der Waals surface area contributed by atoms with Crippen LogP contribution in [0.4, 0.5) is 0 Å². The minimum absolute atomic E-state index is 0.248. The lowest BCUT2D eigenvalue weighted by Gasteiger charge is -2.34. The number of hydrogen-bond donors (Lipinski definition) is 0. The molecule has 1 aromatic heterocycles. The summed E-state index contributed by atoms with van der Waals surface area (Å²) >= 11 is 0. The van der Waals surface area contributed by atoms with E-state index in [0.29, 0.717) is 16.4 Å². The molecule has 0 unspecified atom stereocenters. The van der Waals surface area contributed by atoms with E-state index in [4.69, 9.17) is 4.42 Å². The molecule has 1 aromatic rings. The fourth-order valence-corrected chi connectivity index (χ4v) is 2.21. The van der Waals surface area contributed by atoms with E-state index in [-0.39, 0.29) is 5.63 Å². The van der Waals surface area contributed by atoms with E-state index in [0.717, 1.165) is 0 Å². The van der Waals surface area contributed by atoms with Crippen molar-refractivity contribution in [3.8, 4) is 0 Å². The summed E-state index contributed by atoms with van der Waals surface area (Å²) in [6, 6.07) is 3.65. The van der Waals surface area contributed by atoms with Crippen LogP contribution in [0.1, 0.15) is 32.1 Å². The normalized spacial score (nSPS) is 13.3. The zero-order valence-corrected chi connectivity index (χ0v) is 12.6. The molecule has 17 heavy (non-hydrogen) atoms. The largest absolute Gasteiger partial charge is 0.423 e. The second-order valence-corrected chi connectivity index (χ2v) is 11.4. The van der Waals surface area contributed by atoms with Gasteiger partial charge in [0.25, 0.3) is 0 Å². The van der Waals surface area contributed by atoms with E-state index in [1.807, 2.05) is 12.1 Å². The summed E-state index contributed by atoms with van der Waals surface area (Å²) < 4.78 is 5.20. The van der Waals surface area contributed by atoms with E-state index in [1.165, 1.54) is 0 Å². The predicted octanol–water partition coefficient (Wildman–Crippen LogP) is 4.01. The highest BCUT2D eigenvalue weighted by molar-refractivity contribution is 6.85. The zero-order valence-electron chi connectivity index (χ0n) is 11.6. The predicted molar refractivity (Wildman–Crippen MR) is 75.9 cm³/mol. The Balaban J connectivity index is 2.99. The SMILES string of the molecule is Cc1ccc(/C=C/[Si](C)(C)C(C)(C)C)oc1=O. The van der Waals surface area contributed by atoms with Gasteiger partial charge < -0.3 is 4.42 Å². The van der Waals surface area contributed by atoms with Gasteiger partial charge in [0, 0.05) is 5.56 Å². The standard InChI is InChI=1S/C14H22O2Si/c1-11-7-8-12(16-13(11)15)9-10-17(5,6)14(2,3)4/h7-10H,1-6H3/b10-9+. The van der Waals surface area contributed by atoms with Crippen molar-refractivity contribution < 1.29 is 4.42 Å². The van der Waals surface area contributed by atoms with Crippen molar-refractivity contribution in [1.82, 2.24) is 0 Å². The average Bonchev–Trinajstić information content (AvgIpc) is 2.18. The van der Waals surface area contributed by atoms with Gasteiger partial charge in [0.15, 0.2) is 0 Å². The van der Waals surface area contributed by atoms with E-state index in [9.17, 15) is 4.79 Å². The molecular weight excluding hydrogens is 228 g/mol. The van der Waals surface area contributed by atoms with Gasteiger partial charge in [0.1, 0.15) is 5.76 Å². The Morgan fingerprint density at radius 1 is 1.24 bits per heavy atom. The number of rotatable bonds is 2. The topological polar surface area (TPSA) is 30.2 Å². The molecule has 0 fully saturated rings. The highest BCUT2D eigenvalue weighted by Gasteiger charge is 2.32. The molecule has 0 bridgehead atoms. The second kappa shape index (κ2) is 4.65. The molecule has 1 rings (SSSR count). The third-order valence-corrected chi connectivity index (χ3v) is 8.49. The van der Waals surface area contributed by atoms with Gasteiger partial charge >= 0.3 is 5.63 Å². The highest BCUT2D eigenvalue weighted by atomic mass is 28.3. The molecule has 0 spiro atoms. The Labute approximate surface area is 104 Å². The summed E-state index contributed by atoms with van der Waals surface area (Å²) in [4.78, 5) is 11.4. The maximum absolute atomic E-state index is 11.4. The Morgan fingerprint density at radius 2 is 1.82 bits per heavy atom. The summed E-state index contributed by atoms with van der Waals surface area (Å²) in [5.41, 5.74) is 2.64. The first-order valence-electron chi connectivity index (χ1n) is 5.93. The lowest BCUT2D eigenvalue weighted by atomic mass is 10.2. The molecule has 0 N–H and O–H groups in total. The summed E-state index contributed by atoms with van der Waals surface area (Å²) in [7, 11) is -1.46. The van der Waals surface area contributed by atoms with E-state index in [2.05, 4.69) is 39.6 Å². The molecule has 3 heteroatoms. The lowest BCUT2D eigenvalue weighted by molar-refractivity contribution is 0.496. The Bertz CT molecular complexity index is 476. The first-order chi connectivity index (χ1) is 7.63. The van der Waals surface area contributed by atoms with Gasteiger partial charge in [-0.25, -0.2) is 4.79 Å². The summed E-state index contributed by atoms with van der Waals surface area (Å²) in [5.74, 6) is 0.644. The molecule has 0 amide bonds. The lowest BCUT2D eigenvalue weighted by Crippen LogP contribution is -2.34. The molecule has 0 atom stereocenters. The van der Waals surface area contributed by atoms with E-state index in [1.54, 1.807) is 13.0 Å². The van der Waals surface area contributed by atoms with Gasteiger partial charge in [0.05, 0.1) is 8.07 Å². The van der Waals surface area contributed by atoms with E-state index < -0.39 is 8.07 Å². The maximum Gasteiger partial charge on any atom is 0.339 e. The van der Waals surface area contributed by atoms with Crippen LogP contribution in [0, 0.1) is 6.92 Å². The van der Waals surface area contributed by atoms with Crippen LogP contribution in [-0.4, -0.2) is 8.07 Å². The number of hydrogen-bond acceptors (Lipinski definition) is 2.